The third kappa shape index (κ3) is 5.02. The smallest absolute Gasteiger partial charge is 0.309 e. The van der Waals surface area contributed by atoms with E-state index < -0.39 is 0 Å². The average Bonchev–Trinajstić information content (AvgIpc) is 3.40. The SMILES string of the molecule is CCOC(=O)C1CCN(C(=O)C(C)Sc2nnc(N(C(C)=O)C3CC3)s2)CC1. The molecule has 1 saturated heterocycles. The summed E-state index contributed by atoms with van der Waals surface area (Å²) in [6, 6.07) is 0.239. The molecule has 0 bridgehead atoms. The van der Waals surface area contributed by atoms with Crippen molar-refractivity contribution in [1.29, 1.82) is 0 Å². The first-order valence-corrected chi connectivity index (χ1v) is 11.4. The maximum atomic E-state index is 12.8. The van der Waals surface area contributed by atoms with Gasteiger partial charge in [0.2, 0.25) is 16.9 Å². The normalized spacial score (nSPS) is 18.6. The number of piperidine rings is 1. The van der Waals surface area contributed by atoms with Crippen molar-refractivity contribution in [2.24, 2.45) is 5.92 Å². The number of esters is 1. The number of nitrogens with zero attached hydrogens (tertiary/aromatic N) is 4. The number of likely N-dealkylation sites (tertiary alicyclic amines) is 1. The predicted molar refractivity (Wildman–Crippen MR) is 107 cm³/mol. The number of ether oxygens (including phenoxy) is 1. The Hall–Kier alpha value is -1.68. The molecule has 2 fully saturated rings. The lowest BCUT2D eigenvalue weighted by Crippen LogP contribution is -2.43. The molecule has 10 heteroatoms. The molecule has 1 unspecified atom stereocenters. The highest BCUT2D eigenvalue weighted by Gasteiger charge is 2.35. The summed E-state index contributed by atoms with van der Waals surface area (Å²) < 4.78 is 5.76. The molecule has 0 radical (unpaired) electrons. The lowest BCUT2D eigenvalue weighted by atomic mass is 9.97. The van der Waals surface area contributed by atoms with E-state index in [-0.39, 0.29) is 35.0 Å². The van der Waals surface area contributed by atoms with E-state index in [0.29, 0.717) is 42.0 Å². The monoisotopic (exact) mass is 426 g/mol. The lowest BCUT2D eigenvalue weighted by Gasteiger charge is -2.32. The largest absolute Gasteiger partial charge is 0.466 e. The number of carbonyl (C=O) groups excluding carboxylic acids is 3. The molecule has 2 amide bonds. The number of thioether (sulfide) groups is 1. The lowest BCUT2D eigenvalue weighted by molar-refractivity contribution is -0.151. The van der Waals surface area contributed by atoms with Crippen LogP contribution in [0.25, 0.3) is 0 Å². The Morgan fingerprint density at radius 2 is 1.93 bits per heavy atom. The number of hydrogen-bond acceptors (Lipinski definition) is 8. The van der Waals surface area contributed by atoms with Crippen LogP contribution in [-0.4, -0.2) is 63.9 Å². The van der Waals surface area contributed by atoms with E-state index >= 15 is 0 Å². The van der Waals surface area contributed by atoms with Crippen LogP contribution in [-0.2, 0) is 19.1 Å². The minimum atomic E-state index is -0.299. The van der Waals surface area contributed by atoms with Crippen LogP contribution in [0.5, 0.6) is 0 Å². The van der Waals surface area contributed by atoms with Gasteiger partial charge in [0.05, 0.1) is 17.8 Å². The Morgan fingerprint density at radius 3 is 2.50 bits per heavy atom. The fourth-order valence-corrected chi connectivity index (χ4v) is 5.47. The maximum absolute atomic E-state index is 12.8. The van der Waals surface area contributed by atoms with E-state index in [2.05, 4.69) is 10.2 Å². The zero-order valence-electron chi connectivity index (χ0n) is 16.4. The third-order valence-electron chi connectivity index (χ3n) is 4.91. The summed E-state index contributed by atoms with van der Waals surface area (Å²) in [5.41, 5.74) is 0. The first kappa shape index (κ1) is 21.0. The van der Waals surface area contributed by atoms with Gasteiger partial charge < -0.3 is 9.64 Å². The average molecular weight is 427 g/mol. The second-order valence-electron chi connectivity index (χ2n) is 7.08. The van der Waals surface area contributed by atoms with Crippen molar-refractivity contribution in [3.8, 4) is 0 Å². The highest BCUT2D eigenvalue weighted by molar-refractivity contribution is 8.02. The van der Waals surface area contributed by atoms with E-state index in [9.17, 15) is 14.4 Å². The van der Waals surface area contributed by atoms with Crippen LogP contribution in [0.1, 0.15) is 46.5 Å². The molecule has 0 aromatic carbocycles. The van der Waals surface area contributed by atoms with Crippen LogP contribution in [0.15, 0.2) is 4.34 Å². The van der Waals surface area contributed by atoms with Gasteiger partial charge in [0.1, 0.15) is 0 Å². The molecule has 28 heavy (non-hydrogen) atoms. The molecule has 1 aromatic heterocycles. The van der Waals surface area contributed by atoms with E-state index in [1.165, 1.54) is 23.1 Å². The number of amides is 2. The zero-order valence-corrected chi connectivity index (χ0v) is 18.1. The molecular formula is C18H26N4O4S2. The van der Waals surface area contributed by atoms with Gasteiger partial charge in [0.25, 0.3) is 0 Å². The number of carbonyl (C=O) groups is 3. The topological polar surface area (TPSA) is 92.7 Å². The first-order chi connectivity index (χ1) is 13.4. The summed E-state index contributed by atoms with van der Waals surface area (Å²) in [4.78, 5) is 39.9. The van der Waals surface area contributed by atoms with Crippen LogP contribution in [0.3, 0.4) is 0 Å². The van der Waals surface area contributed by atoms with Crippen molar-refractivity contribution < 1.29 is 19.1 Å². The van der Waals surface area contributed by atoms with Crippen LogP contribution >= 0.6 is 23.1 Å². The molecule has 2 heterocycles. The van der Waals surface area contributed by atoms with E-state index in [4.69, 9.17) is 4.74 Å². The van der Waals surface area contributed by atoms with Crippen LogP contribution < -0.4 is 4.90 Å². The molecule has 154 valence electrons. The molecule has 1 saturated carbocycles. The van der Waals surface area contributed by atoms with Gasteiger partial charge in [-0.3, -0.25) is 19.3 Å². The summed E-state index contributed by atoms with van der Waals surface area (Å²) in [6.45, 7) is 6.71. The molecular weight excluding hydrogens is 400 g/mol. The third-order valence-corrected chi connectivity index (χ3v) is 7.00. The van der Waals surface area contributed by atoms with E-state index in [1.54, 1.807) is 23.6 Å². The number of rotatable bonds is 7. The Kier molecular flexibility index (Phi) is 6.92. The van der Waals surface area contributed by atoms with Crippen LogP contribution in [0, 0.1) is 5.92 Å². The quantitative estimate of drug-likeness (QED) is 0.375. The highest BCUT2D eigenvalue weighted by atomic mass is 32.2. The summed E-state index contributed by atoms with van der Waals surface area (Å²) >= 11 is 2.72. The molecule has 0 N–H and O–H groups in total. The van der Waals surface area contributed by atoms with Gasteiger partial charge in [-0.05, 0) is 39.5 Å². The Bertz CT molecular complexity index is 729. The molecule has 8 nitrogen and oxygen atoms in total. The Balaban J connectivity index is 1.52. The Morgan fingerprint density at radius 1 is 1.25 bits per heavy atom. The van der Waals surface area contributed by atoms with Gasteiger partial charge in [0.15, 0.2) is 4.34 Å². The minimum Gasteiger partial charge on any atom is -0.466 e. The van der Waals surface area contributed by atoms with Crippen molar-refractivity contribution in [3.63, 3.8) is 0 Å². The molecule has 3 rings (SSSR count). The van der Waals surface area contributed by atoms with Crippen molar-refractivity contribution in [1.82, 2.24) is 15.1 Å². The van der Waals surface area contributed by atoms with Gasteiger partial charge in [-0.1, -0.05) is 23.1 Å². The molecule has 1 atom stereocenters. The predicted octanol–water partition coefficient (Wildman–Crippen LogP) is 2.34. The minimum absolute atomic E-state index is 0.0243. The second kappa shape index (κ2) is 9.21. The highest BCUT2D eigenvalue weighted by Crippen LogP contribution is 2.37. The molecule has 1 aliphatic heterocycles. The van der Waals surface area contributed by atoms with E-state index in [0.717, 1.165) is 12.8 Å². The zero-order chi connectivity index (χ0) is 20.3. The summed E-state index contributed by atoms with van der Waals surface area (Å²) in [7, 11) is 0. The summed E-state index contributed by atoms with van der Waals surface area (Å²) in [5, 5.41) is 8.61. The van der Waals surface area contributed by atoms with Crippen molar-refractivity contribution >= 4 is 46.0 Å². The number of aromatic nitrogens is 2. The van der Waals surface area contributed by atoms with Gasteiger partial charge >= 0.3 is 5.97 Å². The molecule has 2 aliphatic rings. The van der Waals surface area contributed by atoms with Crippen molar-refractivity contribution in [3.05, 3.63) is 0 Å². The van der Waals surface area contributed by atoms with Crippen LogP contribution in [0.2, 0.25) is 0 Å². The summed E-state index contributed by atoms with van der Waals surface area (Å²) in [6.07, 6.45) is 3.27. The fraction of sp³-hybridized carbons (Fsp3) is 0.722. The second-order valence-corrected chi connectivity index (χ2v) is 9.63. The van der Waals surface area contributed by atoms with Gasteiger partial charge in [-0.25, -0.2) is 0 Å². The standard InChI is InChI=1S/C18H26N4O4S2/c1-4-26-16(25)13-7-9-21(10-8-13)15(24)11(2)27-18-20-19-17(28-18)22(12(3)23)14-5-6-14/h11,13-14H,4-10H2,1-3H3. The van der Waals surface area contributed by atoms with E-state index in [1.807, 2.05) is 6.92 Å². The molecule has 1 aromatic rings. The van der Waals surface area contributed by atoms with Crippen molar-refractivity contribution in [2.75, 3.05) is 24.6 Å². The maximum Gasteiger partial charge on any atom is 0.309 e. The van der Waals surface area contributed by atoms with Gasteiger partial charge in [0, 0.05) is 26.1 Å². The Labute approximate surface area is 173 Å². The summed E-state index contributed by atoms with van der Waals surface area (Å²) in [5.74, 6) is -0.264. The van der Waals surface area contributed by atoms with Gasteiger partial charge in [-0.2, -0.15) is 0 Å². The van der Waals surface area contributed by atoms with Crippen molar-refractivity contribution in [2.45, 2.75) is 62.1 Å². The fourth-order valence-electron chi connectivity index (χ4n) is 3.28. The number of anilines is 1. The number of hydrogen-bond donors (Lipinski definition) is 0. The van der Waals surface area contributed by atoms with Gasteiger partial charge in [-0.15, -0.1) is 10.2 Å². The van der Waals surface area contributed by atoms with Crippen LogP contribution in [0.4, 0.5) is 5.13 Å². The molecule has 1 aliphatic carbocycles. The molecule has 0 spiro atoms. The first-order valence-electron chi connectivity index (χ1n) is 9.66.